The molecule has 0 heterocycles. The lowest BCUT2D eigenvalue weighted by Crippen LogP contribution is -2.40. The second kappa shape index (κ2) is 14.9. The van der Waals surface area contributed by atoms with Crippen LogP contribution in [0.3, 0.4) is 0 Å². The van der Waals surface area contributed by atoms with Crippen LogP contribution in [-0.2, 0) is 4.74 Å². The van der Waals surface area contributed by atoms with Crippen molar-refractivity contribution in [2.24, 2.45) is 10.9 Å². The molecule has 0 aromatic heterocycles. The summed E-state index contributed by atoms with van der Waals surface area (Å²) in [5.41, 5.74) is 0. The first-order valence-electron chi connectivity index (χ1n) is 8.93. The molecular formula is C19H34IN3O3. The molecule has 0 amide bonds. The zero-order chi connectivity index (χ0) is 18.5. The molecule has 1 atom stereocenters. The summed E-state index contributed by atoms with van der Waals surface area (Å²) in [5, 5.41) is 6.56. The van der Waals surface area contributed by atoms with E-state index < -0.39 is 0 Å². The first-order chi connectivity index (χ1) is 12.1. The highest BCUT2D eigenvalue weighted by Crippen LogP contribution is 2.18. The van der Waals surface area contributed by atoms with Crippen molar-refractivity contribution < 1.29 is 14.2 Å². The van der Waals surface area contributed by atoms with E-state index in [1.54, 1.807) is 14.2 Å². The maximum atomic E-state index is 5.75. The number of benzene rings is 1. The van der Waals surface area contributed by atoms with Gasteiger partial charge >= 0.3 is 0 Å². The van der Waals surface area contributed by atoms with E-state index in [0.717, 1.165) is 37.0 Å². The molecule has 1 rings (SSSR count). The molecule has 0 aliphatic heterocycles. The zero-order valence-corrected chi connectivity index (χ0v) is 18.9. The van der Waals surface area contributed by atoms with Crippen molar-refractivity contribution in [1.82, 2.24) is 10.6 Å². The minimum atomic E-state index is 0. The molecular weight excluding hydrogens is 445 g/mol. The molecule has 1 unspecified atom stereocenters. The maximum Gasteiger partial charge on any atom is 0.191 e. The molecule has 7 heteroatoms. The van der Waals surface area contributed by atoms with Gasteiger partial charge in [-0.1, -0.05) is 19.9 Å². The average molecular weight is 479 g/mol. The number of nitrogens with zero attached hydrogens (tertiary/aromatic N) is 1. The zero-order valence-electron chi connectivity index (χ0n) is 16.6. The van der Waals surface area contributed by atoms with Crippen LogP contribution in [0.2, 0.25) is 0 Å². The van der Waals surface area contributed by atoms with Crippen molar-refractivity contribution in [2.45, 2.75) is 33.3 Å². The Kier molecular flexibility index (Phi) is 14.2. The molecule has 150 valence electrons. The van der Waals surface area contributed by atoms with Crippen molar-refractivity contribution in [3.63, 3.8) is 0 Å². The van der Waals surface area contributed by atoms with Crippen LogP contribution in [0.4, 0.5) is 0 Å². The lowest BCUT2D eigenvalue weighted by Gasteiger charge is -2.21. The van der Waals surface area contributed by atoms with E-state index >= 15 is 0 Å². The van der Waals surface area contributed by atoms with Crippen LogP contribution < -0.4 is 20.1 Å². The highest BCUT2D eigenvalue weighted by Gasteiger charge is 2.12. The first kappa shape index (κ1) is 24.8. The average Bonchev–Trinajstić information content (AvgIpc) is 2.62. The molecule has 0 spiro atoms. The fourth-order valence-corrected chi connectivity index (χ4v) is 2.41. The number of rotatable bonds is 11. The van der Waals surface area contributed by atoms with E-state index in [-0.39, 0.29) is 30.1 Å². The first-order valence-corrected chi connectivity index (χ1v) is 8.93. The number of aliphatic imine (C=N–C) groups is 1. The number of halogens is 1. The van der Waals surface area contributed by atoms with E-state index in [1.807, 2.05) is 31.2 Å². The fourth-order valence-electron chi connectivity index (χ4n) is 2.41. The summed E-state index contributed by atoms with van der Waals surface area (Å²) >= 11 is 0. The highest BCUT2D eigenvalue weighted by molar-refractivity contribution is 14.0. The Balaban J connectivity index is 0.00000625. The van der Waals surface area contributed by atoms with Crippen LogP contribution in [0.25, 0.3) is 0 Å². The Labute approximate surface area is 175 Å². The Hall–Kier alpha value is -1.22. The fraction of sp³-hybridized carbons (Fsp3) is 0.632. The minimum Gasteiger partial charge on any atom is -0.497 e. The van der Waals surface area contributed by atoms with Gasteiger partial charge in [0.15, 0.2) is 5.96 Å². The number of methoxy groups -OCH3 is 1. The number of guanidine groups is 1. The maximum absolute atomic E-state index is 5.75. The molecule has 0 saturated heterocycles. The van der Waals surface area contributed by atoms with Crippen molar-refractivity contribution >= 4 is 29.9 Å². The molecule has 0 aliphatic rings. The Morgan fingerprint density at radius 3 is 2.46 bits per heavy atom. The van der Waals surface area contributed by atoms with Gasteiger partial charge in [0.25, 0.3) is 0 Å². The van der Waals surface area contributed by atoms with Gasteiger partial charge < -0.3 is 24.8 Å². The SMILES string of the molecule is CCOC(CCNC(=NC)NCCOc1cccc(OC)c1)C(C)C.I. The molecule has 6 nitrogen and oxygen atoms in total. The van der Waals surface area contributed by atoms with Crippen LogP contribution in [-0.4, -0.2) is 52.5 Å². The summed E-state index contributed by atoms with van der Waals surface area (Å²) in [7, 11) is 3.41. The van der Waals surface area contributed by atoms with Crippen molar-refractivity contribution in [2.75, 3.05) is 40.5 Å². The standard InChI is InChI=1S/C19H33N3O3.HI/c1-6-24-18(15(2)3)10-11-21-19(20-4)22-12-13-25-17-9-7-8-16(14-17)23-5;/h7-9,14-15,18H,6,10-13H2,1-5H3,(H2,20,21,22);1H. The third-order valence-electron chi connectivity index (χ3n) is 3.77. The van der Waals surface area contributed by atoms with Gasteiger partial charge in [0.05, 0.1) is 19.8 Å². The van der Waals surface area contributed by atoms with Gasteiger partial charge in [-0.15, -0.1) is 24.0 Å². The predicted molar refractivity (Wildman–Crippen MR) is 118 cm³/mol. The van der Waals surface area contributed by atoms with Gasteiger partial charge in [0.1, 0.15) is 18.1 Å². The molecule has 26 heavy (non-hydrogen) atoms. The molecule has 1 aromatic carbocycles. The van der Waals surface area contributed by atoms with Crippen LogP contribution in [0.5, 0.6) is 11.5 Å². The van der Waals surface area contributed by atoms with Gasteiger partial charge in [-0.3, -0.25) is 4.99 Å². The summed E-state index contributed by atoms with van der Waals surface area (Å²) < 4.78 is 16.6. The summed E-state index contributed by atoms with van der Waals surface area (Å²) in [6, 6.07) is 7.58. The van der Waals surface area contributed by atoms with E-state index in [0.29, 0.717) is 19.1 Å². The summed E-state index contributed by atoms with van der Waals surface area (Å²) in [4.78, 5) is 4.23. The van der Waals surface area contributed by atoms with Gasteiger partial charge in [-0.05, 0) is 31.4 Å². The highest BCUT2D eigenvalue weighted by atomic mass is 127. The second-order valence-electron chi connectivity index (χ2n) is 5.98. The molecule has 2 N–H and O–H groups in total. The van der Waals surface area contributed by atoms with E-state index in [1.165, 1.54) is 0 Å². The summed E-state index contributed by atoms with van der Waals surface area (Å²) in [5.74, 6) is 2.86. The van der Waals surface area contributed by atoms with Gasteiger partial charge in [-0.2, -0.15) is 0 Å². The third kappa shape index (κ3) is 10.1. The monoisotopic (exact) mass is 479 g/mol. The lowest BCUT2D eigenvalue weighted by molar-refractivity contribution is 0.0258. The number of hydrogen-bond acceptors (Lipinski definition) is 4. The molecule has 0 saturated carbocycles. The topological polar surface area (TPSA) is 64.1 Å². The molecule has 0 fully saturated rings. The third-order valence-corrected chi connectivity index (χ3v) is 3.77. The van der Waals surface area contributed by atoms with Gasteiger partial charge in [-0.25, -0.2) is 0 Å². The quantitative estimate of drug-likeness (QED) is 0.221. The minimum absolute atomic E-state index is 0. The lowest BCUT2D eigenvalue weighted by atomic mass is 10.0. The van der Waals surface area contributed by atoms with Crippen molar-refractivity contribution in [3.8, 4) is 11.5 Å². The number of hydrogen-bond donors (Lipinski definition) is 2. The largest absolute Gasteiger partial charge is 0.497 e. The molecule has 0 aliphatic carbocycles. The van der Waals surface area contributed by atoms with Crippen molar-refractivity contribution in [3.05, 3.63) is 24.3 Å². The number of ether oxygens (including phenoxy) is 3. The van der Waals surface area contributed by atoms with Crippen LogP contribution in [0, 0.1) is 5.92 Å². The van der Waals surface area contributed by atoms with Gasteiger partial charge in [0.2, 0.25) is 0 Å². The van der Waals surface area contributed by atoms with Crippen LogP contribution in [0.15, 0.2) is 29.3 Å². The van der Waals surface area contributed by atoms with Crippen LogP contribution in [0.1, 0.15) is 27.2 Å². The van der Waals surface area contributed by atoms with Crippen molar-refractivity contribution in [1.29, 1.82) is 0 Å². The van der Waals surface area contributed by atoms with E-state index in [2.05, 4.69) is 29.5 Å². The van der Waals surface area contributed by atoms with E-state index in [9.17, 15) is 0 Å². The number of nitrogens with one attached hydrogen (secondary N) is 2. The van der Waals surface area contributed by atoms with E-state index in [4.69, 9.17) is 14.2 Å². The summed E-state index contributed by atoms with van der Waals surface area (Å²) in [6.45, 7) is 9.17. The predicted octanol–water partition coefficient (Wildman–Crippen LogP) is 3.31. The Bertz CT molecular complexity index is 513. The second-order valence-corrected chi connectivity index (χ2v) is 5.98. The summed E-state index contributed by atoms with van der Waals surface area (Å²) in [6.07, 6.45) is 1.22. The Morgan fingerprint density at radius 1 is 1.15 bits per heavy atom. The smallest absolute Gasteiger partial charge is 0.191 e. The Morgan fingerprint density at radius 2 is 1.85 bits per heavy atom. The normalized spacial score (nSPS) is 12.3. The van der Waals surface area contributed by atoms with Gasteiger partial charge in [0, 0.05) is 26.3 Å². The molecule has 0 radical (unpaired) electrons. The van der Waals surface area contributed by atoms with Crippen LogP contribution >= 0.6 is 24.0 Å². The molecule has 1 aromatic rings. The molecule has 0 bridgehead atoms.